The Balaban J connectivity index is 1.63. The number of nitriles is 1. The lowest BCUT2D eigenvalue weighted by atomic mass is 9.77. The number of piperidine rings is 1. The zero-order valence-electron chi connectivity index (χ0n) is 21.0. The first-order valence-electron chi connectivity index (χ1n) is 11.7. The lowest BCUT2D eigenvalue weighted by molar-refractivity contribution is -0.137. The van der Waals surface area contributed by atoms with Crippen LogP contribution in [0.25, 0.3) is 5.69 Å². The molecule has 1 aromatic carbocycles. The number of benzene rings is 1. The van der Waals surface area contributed by atoms with E-state index in [4.69, 9.17) is 0 Å². The molecule has 10 heteroatoms. The molecule has 1 aliphatic heterocycles. The molecule has 0 bridgehead atoms. The van der Waals surface area contributed by atoms with Crippen LogP contribution in [-0.2, 0) is 6.18 Å². The molecule has 1 fully saturated rings. The molecule has 2 aromatic heterocycles. The average Bonchev–Trinajstić information content (AvgIpc) is 3.31. The van der Waals surface area contributed by atoms with Gasteiger partial charge in [0.25, 0.3) is 0 Å². The summed E-state index contributed by atoms with van der Waals surface area (Å²) in [7, 11) is 2.04. The summed E-state index contributed by atoms with van der Waals surface area (Å²) in [4.78, 5) is 10.4. The van der Waals surface area contributed by atoms with Crippen LogP contribution in [0.4, 0.5) is 30.6 Å². The zero-order chi connectivity index (χ0) is 26.3. The molecule has 0 saturated carbocycles. The molecule has 0 unspecified atom stereocenters. The van der Waals surface area contributed by atoms with Crippen LogP contribution in [0.5, 0.6) is 0 Å². The molecule has 7 nitrogen and oxygen atoms in total. The van der Waals surface area contributed by atoms with Crippen LogP contribution < -0.4 is 10.6 Å². The summed E-state index contributed by atoms with van der Waals surface area (Å²) < 4.78 is 43.3. The standard InChI is InChI=1S/C26H30F3N7/c1-24(2)13-19(14-25(3,4)35(24)5)32-22-20(26(27,28)29)16-31-23(34-22)33-18-8-9-21(17(12-18)15-30)36-10-6-7-11-36/h6-12,16,19H,13-14H2,1-5H3,(H2,31,32,33,34). The largest absolute Gasteiger partial charge is 0.421 e. The smallest absolute Gasteiger partial charge is 0.367 e. The number of likely N-dealkylation sites (tertiary alicyclic amines) is 1. The first kappa shape index (κ1) is 25.5. The Hall–Kier alpha value is -3.58. The summed E-state index contributed by atoms with van der Waals surface area (Å²) in [5.74, 6) is -0.250. The van der Waals surface area contributed by atoms with Crippen molar-refractivity contribution in [1.82, 2.24) is 19.4 Å². The molecule has 1 aliphatic rings. The number of halogens is 3. The van der Waals surface area contributed by atoms with Gasteiger partial charge < -0.3 is 15.2 Å². The lowest BCUT2D eigenvalue weighted by Gasteiger charge is -2.53. The van der Waals surface area contributed by atoms with Crippen LogP contribution in [-0.4, -0.2) is 43.6 Å². The van der Waals surface area contributed by atoms with Gasteiger partial charge in [-0.1, -0.05) is 0 Å². The summed E-state index contributed by atoms with van der Waals surface area (Å²) in [6, 6.07) is 10.8. The second-order valence-corrected chi connectivity index (χ2v) is 10.4. The van der Waals surface area contributed by atoms with E-state index in [0.29, 0.717) is 29.8 Å². The van der Waals surface area contributed by atoms with E-state index in [1.807, 2.05) is 36.1 Å². The number of nitrogens with zero attached hydrogens (tertiary/aromatic N) is 5. The Morgan fingerprint density at radius 2 is 1.72 bits per heavy atom. The van der Waals surface area contributed by atoms with Crippen LogP contribution in [0.1, 0.15) is 51.7 Å². The number of hydrogen-bond donors (Lipinski definition) is 2. The summed E-state index contributed by atoms with van der Waals surface area (Å²) in [5.41, 5.74) is 0.258. The first-order valence-corrected chi connectivity index (χ1v) is 11.7. The topological polar surface area (TPSA) is 81.8 Å². The first-order chi connectivity index (χ1) is 16.8. The molecule has 0 spiro atoms. The van der Waals surface area contributed by atoms with Gasteiger partial charge in [-0.25, -0.2) is 4.98 Å². The van der Waals surface area contributed by atoms with Gasteiger partial charge >= 0.3 is 6.18 Å². The molecule has 0 radical (unpaired) electrons. The molecular formula is C26H30F3N7. The van der Waals surface area contributed by atoms with Crippen molar-refractivity contribution in [2.24, 2.45) is 0 Å². The molecule has 3 heterocycles. The van der Waals surface area contributed by atoms with Crippen molar-refractivity contribution in [3.63, 3.8) is 0 Å². The fourth-order valence-electron chi connectivity index (χ4n) is 4.98. The van der Waals surface area contributed by atoms with Gasteiger partial charge in [0.05, 0.1) is 11.3 Å². The van der Waals surface area contributed by atoms with E-state index in [1.165, 1.54) is 0 Å². The Morgan fingerprint density at radius 1 is 1.08 bits per heavy atom. The summed E-state index contributed by atoms with van der Waals surface area (Å²) in [6.45, 7) is 8.35. The van der Waals surface area contributed by atoms with Crippen LogP contribution in [0, 0.1) is 11.3 Å². The molecule has 0 atom stereocenters. The normalized spacial score (nSPS) is 18.0. The summed E-state index contributed by atoms with van der Waals surface area (Å²) in [6.07, 6.45) is 1.15. The average molecular weight is 498 g/mol. The van der Waals surface area contributed by atoms with Crippen molar-refractivity contribution in [3.05, 3.63) is 60.0 Å². The van der Waals surface area contributed by atoms with E-state index in [1.54, 1.807) is 18.2 Å². The van der Waals surface area contributed by atoms with Gasteiger partial charge in [-0.15, -0.1) is 0 Å². The zero-order valence-corrected chi connectivity index (χ0v) is 21.0. The summed E-state index contributed by atoms with van der Waals surface area (Å²) >= 11 is 0. The van der Waals surface area contributed by atoms with Crippen molar-refractivity contribution in [2.45, 2.75) is 63.8 Å². The van der Waals surface area contributed by atoms with E-state index >= 15 is 0 Å². The van der Waals surface area contributed by atoms with Crippen molar-refractivity contribution in [2.75, 3.05) is 17.7 Å². The van der Waals surface area contributed by atoms with Gasteiger partial charge in [0, 0.05) is 41.4 Å². The van der Waals surface area contributed by atoms with Gasteiger partial charge in [0.1, 0.15) is 17.5 Å². The fraction of sp³-hybridized carbons (Fsp3) is 0.423. The monoisotopic (exact) mass is 497 g/mol. The minimum absolute atomic E-state index is 0.00884. The SMILES string of the molecule is CN1C(C)(C)CC(Nc2nc(Nc3ccc(-n4cccc4)c(C#N)c3)ncc2C(F)(F)F)CC1(C)C. The molecule has 0 amide bonds. The number of rotatable bonds is 5. The predicted octanol–water partition coefficient (Wildman–Crippen LogP) is 5.96. The van der Waals surface area contributed by atoms with Crippen LogP contribution in [0.15, 0.2) is 48.9 Å². The second-order valence-electron chi connectivity index (χ2n) is 10.4. The van der Waals surface area contributed by atoms with Gasteiger partial charge in [0.15, 0.2) is 0 Å². The van der Waals surface area contributed by atoms with E-state index in [0.717, 1.165) is 6.20 Å². The van der Waals surface area contributed by atoms with Gasteiger partial charge in [0.2, 0.25) is 5.95 Å². The molecule has 4 rings (SSSR count). The van der Waals surface area contributed by atoms with Gasteiger partial charge in [-0.3, -0.25) is 4.90 Å². The van der Waals surface area contributed by atoms with Crippen molar-refractivity contribution >= 4 is 17.5 Å². The van der Waals surface area contributed by atoms with E-state index in [-0.39, 0.29) is 28.9 Å². The Morgan fingerprint density at radius 3 is 2.31 bits per heavy atom. The number of hydrogen-bond acceptors (Lipinski definition) is 6. The van der Waals surface area contributed by atoms with Gasteiger partial charge in [-0.2, -0.15) is 23.4 Å². The molecule has 190 valence electrons. The quantitative estimate of drug-likeness (QED) is 0.452. The lowest BCUT2D eigenvalue weighted by Crippen LogP contribution is -2.61. The van der Waals surface area contributed by atoms with Crippen LogP contribution >= 0.6 is 0 Å². The van der Waals surface area contributed by atoms with Crippen molar-refractivity contribution in [1.29, 1.82) is 5.26 Å². The molecule has 3 aromatic rings. The van der Waals surface area contributed by atoms with Crippen molar-refractivity contribution in [3.8, 4) is 11.8 Å². The van der Waals surface area contributed by atoms with Crippen LogP contribution in [0.2, 0.25) is 0 Å². The highest BCUT2D eigenvalue weighted by molar-refractivity contribution is 5.63. The van der Waals surface area contributed by atoms with E-state index in [2.05, 4.69) is 59.3 Å². The highest BCUT2D eigenvalue weighted by Crippen LogP contribution is 2.40. The Kier molecular flexibility index (Phi) is 6.47. The molecule has 2 N–H and O–H groups in total. The second kappa shape index (κ2) is 9.13. The van der Waals surface area contributed by atoms with Crippen LogP contribution in [0.3, 0.4) is 0 Å². The molecular weight excluding hydrogens is 467 g/mol. The van der Waals surface area contributed by atoms with Crippen molar-refractivity contribution < 1.29 is 13.2 Å². The Labute approximate surface area is 209 Å². The maximum atomic E-state index is 13.8. The third-order valence-corrected chi connectivity index (χ3v) is 7.00. The number of nitrogens with one attached hydrogen (secondary N) is 2. The van der Waals surface area contributed by atoms with Gasteiger partial charge in [-0.05, 0) is 77.9 Å². The third kappa shape index (κ3) is 5.16. The van der Waals surface area contributed by atoms with E-state index < -0.39 is 11.7 Å². The predicted molar refractivity (Wildman–Crippen MR) is 133 cm³/mol. The fourth-order valence-corrected chi connectivity index (χ4v) is 4.98. The number of anilines is 3. The highest BCUT2D eigenvalue weighted by atomic mass is 19.4. The number of aromatic nitrogens is 3. The summed E-state index contributed by atoms with van der Waals surface area (Å²) in [5, 5.41) is 15.6. The third-order valence-electron chi connectivity index (χ3n) is 7.00. The minimum atomic E-state index is -4.61. The Bertz CT molecular complexity index is 1260. The maximum Gasteiger partial charge on any atom is 0.421 e. The van der Waals surface area contributed by atoms with E-state index in [9.17, 15) is 18.4 Å². The maximum absolute atomic E-state index is 13.8. The minimum Gasteiger partial charge on any atom is -0.367 e. The number of alkyl halides is 3. The molecule has 0 aliphatic carbocycles. The molecule has 36 heavy (non-hydrogen) atoms. The highest BCUT2D eigenvalue weighted by Gasteiger charge is 2.44. The molecule has 1 saturated heterocycles.